The summed E-state index contributed by atoms with van der Waals surface area (Å²) in [6, 6.07) is 0. The van der Waals surface area contributed by atoms with E-state index in [0.717, 1.165) is 7.11 Å². The Kier molecular flexibility index (Phi) is 27.2. The zero-order chi connectivity index (χ0) is 7.21. The van der Waals surface area contributed by atoms with E-state index in [1.807, 2.05) is 0 Å². The fraction of sp³-hybridized carbons (Fsp3) is 0.500. The molecule has 0 aliphatic heterocycles. The third-order valence-corrected chi connectivity index (χ3v) is 0.597. The Morgan fingerprint density at radius 2 is 1.60 bits per heavy atom. The van der Waals surface area contributed by atoms with Gasteiger partial charge in [-0.2, -0.15) is 8.42 Å². The van der Waals surface area contributed by atoms with Crippen molar-refractivity contribution in [2.24, 2.45) is 0 Å². The SMILES string of the molecule is B.C#N.COS(=O)(=O)F.[NaH]. The molecule has 0 rings (SSSR count). The summed E-state index contributed by atoms with van der Waals surface area (Å²) < 4.78 is 32.3. The molecule has 0 heterocycles. The van der Waals surface area contributed by atoms with E-state index in [9.17, 15) is 3.89 Å². The topological polar surface area (TPSA) is 67.2 Å². The number of halogens is 1. The second kappa shape index (κ2) is 12.1. The summed E-state index contributed by atoms with van der Waals surface area (Å²) in [6.45, 7) is 3.50. The van der Waals surface area contributed by atoms with Gasteiger partial charge in [-0.1, -0.05) is 3.89 Å². The molecule has 0 aliphatic carbocycles. The van der Waals surface area contributed by atoms with Gasteiger partial charge < -0.3 is 0 Å². The van der Waals surface area contributed by atoms with E-state index < -0.39 is 10.5 Å². The van der Waals surface area contributed by atoms with Gasteiger partial charge in [-0.25, -0.2) is 9.44 Å². The molecule has 0 bridgehead atoms. The van der Waals surface area contributed by atoms with Crippen molar-refractivity contribution < 1.29 is 16.5 Å². The Labute approximate surface area is 83.6 Å². The molecule has 56 valence electrons. The quantitative estimate of drug-likeness (QED) is 0.350. The minimum atomic E-state index is -4.66. The molecule has 0 unspecified atom stereocenters. The van der Waals surface area contributed by atoms with Gasteiger partial charge in [-0.15, -0.1) is 0 Å². The van der Waals surface area contributed by atoms with Gasteiger partial charge in [0.2, 0.25) is 0 Å². The molecule has 0 saturated carbocycles. The zero-order valence-electron chi connectivity index (χ0n) is 4.04. The van der Waals surface area contributed by atoms with Crippen LogP contribution in [0.25, 0.3) is 0 Å². The second-order valence-electron chi connectivity index (χ2n) is 0.560. The van der Waals surface area contributed by atoms with Crippen molar-refractivity contribution in [3.63, 3.8) is 0 Å². The van der Waals surface area contributed by atoms with Crippen LogP contribution in [-0.2, 0) is 14.7 Å². The Balaban J connectivity index is -0.0000000412. The van der Waals surface area contributed by atoms with Crippen LogP contribution >= 0.6 is 0 Å². The third kappa shape index (κ3) is 39.8. The molecule has 0 atom stereocenters. The standard InChI is InChI=1S/CH3FO3S.CHN.BH3.Na.H/c1-5-6(2,3)4;1-2;;;/h1H3;1H;1H3;;. The molecule has 0 radical (unpaired) electrons. The first-order chi connectivity index (χ1) is 3.56. The Morgan fingerprint density at radius 3 is 1.60 bits per heavy atom. The predicted molar refractivity (Wildman–Crippen MR) is 40.8 cm³/mol. The average molecular weight is 179 g/mol. The van der Waals surface area contributed by atoms with E-state index in [0.29, 0.717) is 0 Å². The fourth-order valence-electron chi connectivity index (χ4n) is 0. The minimum absolute atomic E-state index is 0. The molecule has 10 heavy (non-hydrogen) atoms. The van der Waals surface area contributed by atoms with Crippen molar-refractivity contribution in [2.45, 2.75) is 0 Å². The van der Waals surface area contributed by atoms with Crippen LogP contribution in [0.4, 0.5) is 3.89 Å². The van der Waals surface area contributed by atoms with Crippen molar-refractivity contribution in [2.75, 3.05) is 7.11 Å². The molecule has 8 heteroatoms. The van der Waals surface area contributed by atoms with Crippen molar-refractivity contribution >= 4 is 48.5 Å². The van der Waals surface area contributed by atoms with Crippen LogP contribution in [0.15, 0.2) is 0 Å². The number of hydrogen-bond donors (Lipinski definition) is 0. The van der Waals surface area contributed by atoms with Crippen molar-refractivity contribution in [1.29, 1.82) is 5.26 Å². The summed E-state index contributed by atoms with van der Waals surface area (Å²) in [6.07, 6.45) is 0. The maximum absolute atomic E-state index is 10.9. The van der Waals surface area contributed by atoms with Crippen LogP contribution in [0, 0.1) is 11.8 Å². The molecule has 0 amide bonds. The first-order valence-electron chi connectivity index (χ1n) is 1.32. The van der Waals surface area contributed by atoms with Gasteiger partial charge in [0.25, 0.3) is 0 Å². The van der Waals surface area contributed by atoms with E-state index in [1.54, 1.807) is 0 Å². The Bertz CT molecular complexity index is 157. The molecular formula is C2H8BFNNaO3S. The van der Waals surface area contributed by atoms with E-state index in [1.165, 1.54) is 0 Å². The van der Waals surface area contributed by atoms with Crippen LogP contribution in [0.5, 0.6) is 0 Å². The summed E-state index contributed by atoms with van der Waals surface area (Å²) in [5.41, 5.74) is 0. The molecule has 0 aromatic rings. The maximum atomic E-state index is 10.9. The van der Waals surface area contributed by atoms with Gasteiger partial charge in [0.1, 0.15) is 0 Å². The predicted octanol–water partition coefficient (Wildman–Crippen LogP) is -1.85. The molecule has 0 aromatic heterocycles. The van der Waals surface area contributed by atoms with Gasteiger partial charge in [0.05, 0.1) is 15.5 Å². The first kappa shape index (κ1) is 22.4. The number of nitrogens with zero attached hydrogens (tertiary/aromatic N) is 1. The Hall–Kier alpha value is 0.395. The van der Waals surface area contributed by atoms with Crippen LogP contribution in [0.1, 0.15) is 0 Å². The van der Waals surface area contributed by atoms with Crippen LogP contribution < -0.4 is 0 Å². The van der Waals surface area contributed by atoms with Crippen molar-refractivity contribution in [1.82, 2.24) is 0 Å². The molecule has 0 N–H and O–H groups in total. The molecule has 0 saturated heterocycles. The summed E-state index contributed by atoms with van der Waals surface area (Å²) in [7, 11) is -3.92. The number of nitriles is 1. The van der Waals surface area contributed by atoms with Gasteiger partial charge >= 0.3 is 40.1 Å². The van der Waals surface area contributed by atoms with Gasteiger partial charge in [0, 0.05) is 6.57 Å². The molecule has 0 spiro atoms. The van der Waals surface area contributed by atoms with Crippen LogP contribution in [0.3, 0.4) is 0 Å². The number of hydrogen-bond acceptors (Lipinski definition) is 4. The normalized spacial score (nSPS) is 7.20. The summed E-state index contributed by atoms with van der Waals surface area (Å²) >= 11 is 0. The average Bonchev–Trinajstić information content (AvgIpc) is 1.71. The first-order valence-corrected chi connectivity index (χ1v) is 2.63. The van der Waals surface area contributed by atoms with Crippen LogP contribution in [-0.4, -0.2) is 53.5 Å². The van der Waals surface area contributed by atoms with E-state index in [2.05, 4.69) is 10.8 Å². The summed E-state index contributed by atoms with van der Waals surface area (Å²) in [4.78, 5) is 0. The van der Waals surface area contributed by atoms with Gasteiger partial charge in [0.15, 0.2) is 0 Å². The molecule has 4 nitrogen and oxygen atoms in total. The zero-order valence-corrected chi connectivity index (χ0v) is 4.85. The van der Waals surface area contributed by atoms with Crippen LogP contribution in [0.2, 0.25) is 0 Å². The van der Waals surface area contributed by atoms with E-state index in [-0.39, 0.29) is 38.0 Å². The van der Waals surface area contributed by atoms with Gasteiger partial charge in [-0.05, 0) is 0 Å². The molecule has 0 fully saturated rings. The summed E-state index contributed by atoms with van der Waals surface area (Å²) in [5.74, 6) is 0. The molecular weight excluding hydrogens is 171 g/mol. The van der Waals surface area contributed by atoms with E-state index >= 15 is 0 Å². The Morgan fingerprint density at radius 1 is 1.50 bits per heavy atom. The molecule has 0 aliphatic rings. The third-order valence-electron chi connectivity index (χ3n) is 0.199. The monoisotopic (exact) mass is 179 g/mol. The fourth-order valence-corrected chi connectivity index (χ4v) is 0. The number of rotatable bonds is 1. The van der Waals surface area contributed by atoms with Crippen molar-refractivity contribution in [3.05, 3.63) is 0 Å². The molecule has 0 aromatic carbocycles. The summed E-state index contributed by atoms with van der Waals surface area (Å²) in [5, 5.41) is 6.50. The van der Waals surface area contributed by atoms with Crippen molar-refractivity contribution in [3.8, 4) is 6.57 Å². The van der Waals surface area contributed by atoms with E-state index in [4.69, 9.17) is 13.7 Å². The van der Waals surface area contributed by atoms with Gasteiger partial charge in [-0.3, -0.25) is 0 Å². The second-order valence-corrected chi connectivity index (χ2v) is 1.68.